The number of nitrogens with zero attached hydrogens (tertiary/aromatic N) is 4. The molecule has 26 heavy (non-hydrogen) atoms. The minimum atomic E-state index is -0.134. The van der Waals surface area contributed by atoms with E-state index < -0.39 is 0 Å². The van der Waals surface area contributed by atoms with E-state index in [1.165, 1.54) is 0 Å². The molecule has 1 fully saturated rings. The maximum Gasteiger partial charge on any atom is 0.272 e. The number of benzene rings is 1. The lowest BCUT2D eigenvalue weighted by Crippen LogP contribution is -2.48. The second-order valence-corrected chi connectivity index (χ2v) is 6.60. The Bertz CT molecular complexity index is 829. The van der Waals surface area contributed by atoms with Gasteiger partial charge in [0.05, 0.1) is 0 Å². The van der Waals surface area contributed by atoms with Crippen molar-refractivity contribution in [1.82, 2.24) is 19.8 Å². The summed E-state index contributed by atoms with van der Waals surface area (Å²) in [6, 6.07) is 7.81. The standard InChI is InChI=1S/C19H23N5O2/c1-13-4-5-14(2)16(10-13)21-19-20-15(3)11-17(22-19)18(26)24-8-6-23(12-25)7-9-24/h4-5,10-12H,6-9H2,1-3H3,(H,20,21,22). The highest BCUT2D eigenvalue weighted by atomic mass is 16.2. The molecule has 0 aliphatic carbocycles. The topological polar surface area (TPSA) is 78.4 Å². The Morgan fingerprint density at radius 2 is 1.81 bits per heavy atom. The Morgan fingerprint density at radius 3 is 2.50 bits per heavy atom. The molecule has 2 heterocycles. The Morgan fingerprint density at radius 1 is 1.08 bits per heavy atom. The molecule has 7 heteroatoms. The van der Waals surface area contributed by atoms with Crippen molar-refractivity contribution in [2.45, 2.75) is 20.8 Å². The van der Waals surface area contributed by atoms with Crippen LogP contribution in [0.3, 0.4) is 0 Å². The molecule has 136 valence electrons. The van der Waals surface area contributed by atoms with Gasteiger partial charge < -0.3 is 15.1 Å². The monoisotopic (exact) mass is 353 g/mol. The van der Waals surface area contributed by atoms with Gasteiger partial charge in [0, 0.05) is 37.6 Å². The second-order valence-electron chi connectivity index (χ2n) is 6.60. The Kier molecular flexibility index (Phi) is 5.16. The first-order chi connectivity index (χ1) is 12.5. The van der Waals surface area contributed by atoms with Gasteiger partial charge in [0.2, 0.25) is 12.4 Å². The first kappa shape index (κ1) is 17.8. The number of carbonyl (C=O) groups is 2. The summed E-state index contributed by atoms with van der Waals surface area (Å²) in [4.78, 5) is 35.8. The van der Waals surface area contributed by atoms with Gasteiger partial charge in [-0.2, -0.15) is 0 Å². The minimum Gasteiger partial charge on any atom is -0.342 e. The van der Waals surface area contributed by atoms with Gasteiger partial charge >= 0.3 is 0 Å². The summed E-state index contributed by atoms with van der Waals surface area (Å²) in [5, 5.41) is 3.22. The third-order valence-electron chi connectivity index (χ3n) is 4.46. The average Bonchev–Trinajstić information content (AvgIpc) is 2.64. The lowest BCUT2D eigenvalue weighted by Gasteiger charge is -2.32. The normalized spacial score (nSPS) is 14.3. The van der Waals surface area contributed by atoms with Crippen LogP contribution in [-0.2, 0) is 4.79 Å². The highest BCUT2D eigenvalue weighted by molar-refractivity contribution is 5.93. The maximum absolute atomic E-state index is 12.8. The molecule has 0 atom stereocenters. The first-order valence-corrected chi connectivity index (χ1v) is 8.65. The maximum atomic E-state index is 12.8. The van der Waals surface area contributed by atoms with Crippen molar-refractivity contribution in [2.75, 3.05) is 31.5 Å². The van der Waals surface area contributed by atoms with Crippen LogP contribution in [0.25, 0.3) is 0 Å². The van der Waals surface area contributed by atoms with Crippen molar-refractivity contribution >= 4 is 24.0 Å². The molecule has 1 N–H and O–H groups in total. The number of hydrogen-bond donors (Lipinski definition) is 1. The molecule has 2 aromatic rings. The molecule has 1 aliphatic heterocycles. The van der Waals surface area contributed by atoms with Gasteiger partial charge in [0.15, 0.2) is 0 Å². The number of amides is 2. The predicted octanol–water partition coefficient (Wildman–Crippen LogP) is 2.06. The number of hydrogen-bond acceptors (Lipinski definition) is 5. The van der Waals surface area contributed by atoms with Gasteiger partial charge in [-0.3, -0.25) is 9.59 Å². The van der Waals surface area contributed by atoms with Gasteiger partial charge in [-0.15, -0.1) is 0 Å². The summed E-state index contributed by atoms with van der Waals surface area (Å²) < 4.78 is 0. The third-order valence-corrected chi connectivity index (χ3v) is 4.46. The summed E-state index contributed by atoms with van der Waals surface area (Å²) in [5.74, 6) is 0.277. The molecule has 0 spiro atoms. The van der Waals surface area contributed by atoms with Crippen LogP contribution in [0, 0.1) is 20.8 Å². The van der Waals surface area contributed by atoms with Crippen molar-refractivity contribution in [3.05, 3.63) is 46.8 Å². The summed E-state index contributed by atoms with van der Waals surface area (Å²) in [6.07, 6.45) is 0.822. The van der Waals surface area contributed by atoms with E-state index in [0.29, 0.717) is 37.8 Å². The smallest absolute Gasteiger partial charge is 0.272 e. The molecule has 1 saturated heterocycles. The van der Waals surface area contributed by atoms with Crippen molar-refractivity contribution in [1.29, 1.82) is 0 Å². The number of nitrogens with one attached hydrogen (secondary N) is 1. The molecule has 1 aromatic carbocycles. The third kappa shape index (κ3) is 3.99. The lowest BCUT2D eigenvalue weighted by molar-refractivity contribution is -0.119. The van der Waals surface area contributed by atoms with E-state index in [4.69, 9.17) is 0 Å². The summed E-state index contributed by atoms with van der Waals surface area (Å²) in [5.41, 5.74) is 4.23. The molecule has 1 aliphatic rings. The van der Waals surface area contributed by atoms with Crippen LogP contribution in [0.4, 0.5) is 11.6 Å². The molecular weight excluding hydrogens is 330 g/mol. The van der Waals surface area contributed by atoms with Crippen LogP contribution in [-0.4, -0.2) is 58.3 Å². The molecule has 0 saturated carbocycles. The quantitative estimate of drug-likeness (QED) is 0.851. The largest absolute Gasteiger partial charge is 0.342 e. The van der Waals surface area contributed by atoms with Crippen LogP contribution >= 0.6 is 0 Å². The predicted molar refractivity (Wildman–Crippen MR) is 99.5 cm³/mol. The SMILES string of the molecule is Cc1ccc(C)c(Nc2nc(C)cc(C(=O)N3CCN(C=O)CC3)n2)c1. The molecule has 0 unspecified atom stereocenters. The lowest BCUT2D eigenvalue weighted by atomic mass is 10.1. The van der Waals surface area contributed by atoms with E-state index in [2.05, 4.69) is 15.3 Å². The summed E-state index contributed by atoms with van der Waals surface area (Å²) >= 11 is 0. The van der Waals surface area contributed by atoms with Crippen molar-refractivity contribution < 1.29 is 9.59 Å². The van der Waals surface area contributed by atoms with E-state index in [0.717, 1.165) is 28.9 Å². The van der Waals surface area contributed by atoms with E-state index in [1.54, 1.807) is 15.9 Å². The summed E-state index contributed by atoms with van der Waals surface area (Å²) in [6.45, 7) is 8.00. The Hall–Kier alpha value is -2.96. The zero-order valence-corrected chi connectivity index (χ0v) is 15.3. The van der Waals surface area contributed by atoms with Crippen LogP contribution in [0.5, 0.6) is 0 Å². The molecule has 7 nitrogen and oxygen atoms in total. The Balaban J connectivity index is 1.80. The second kappa shape index (κ2) is 7.51. The van der Waals surface area contributed by atoms with Crippen molar-refractivity contribution in [3.63, 3.8) is 0 Å². The molecule has 1 aromatic heterocycles. The van der Waals surface area contributed by atoms with E-state index in [9.17, 15) is 9.59 Å². The van der Waals surface area contributed by atoms with E-state index in [-0.39, 0.29) is 5.91 Å². The van der Waals surface area contributed by atoms with Gasteiger partial charge in [-0.25, -0.2) is 9.97 Å². The number of anilines is 2. The fourth-order valence-electron chi connectivity index (χ4n) is 2.92. The van der Waals surface area contributed by atoms with Crippen LogP contribution in [0.15, 0.2) is 24.3 Å². The summed E-state index contributed by atoms with van der Waals surface area (Å²) in [7, 11) is 0. The number of carbonyl (C=O) groups excluding carboxylic acids is 2. The number of aryl methyl sites for hydroxylation is 3. The zero-order chi connectivity index (χ0) is 18.7. The molecule has 2 amide bonds. The van der Waals surface area contributed by atoms with Crippen LogP contribution in [0.1, 0.15) is 27.3 Å². The first-order valence-electron chi connectivity index (χ1n) is 8.65. The molecular formula is C19H23N5O2. The highest BCUT2D eigenvalue weighted by Gasteiger charge is 2.23. The zero-order valence-electron chi connectivity index (χ0n) is 15.3. The van der Waals surface area contributed by atoms with E-state index in [1.807, 2.05) is 39.0 Å². The molecule has 0 radical (unpaired) electrons. The fourth-order valence-corrected chi connectivity index (χ4v) is 2.92. The molecule has 3 rings (SSSR count). The minimum absolute atomic E-state index is 0.134. The van der Waals surface area contributed by atoms with E-state index >= 15 is 0 Å². The average molecular weight is 353 g/mol. The molecule has 0 bridgehead atoms. The number of piperazine rings is 1. The van der Waals surface area contributed by atoms with Crippen LogP contribution in [0.2, 0.25) is 0 Å². The van der Waals surface area contributed by atoms with Crippen molar-refractivity contribution in [3.8, 4) is 0 Å². The highest BCUT2D eigenvalue weighted by Crippen LogP contribution is 2.20. The number of rotatable bonds is 4. The van der Waals surface area contributed by atoms with Crippen LogP contribution < -0.4 is 5.32 Å². The van der Waals surface area contributed by atoms with Gasteiger partial charge in [0.1, 0.15) is 5.69 Å². The van der Waals surface area contributed by atoms with Gasteiger partial charge in [0.25, 0.3) is 5.91 Å². The van der Waals surface area contributed by atoms with Gasteiger partial charge in [-0.05, 0) is 44.0 Å². The Labute approximate surface area is 153 Å². The van der Waals surface area contributed by atoms with Gasteiger partial charge in [-0.1, -0.05) is 12.1 Å². The van der Waals surface area contributed by atoms with Crippen molar-refractivity contribution in [2.24, 2.45) is 0 Å². The fraction of sp³-hybridized carbons (Fsp3) is 0.368. The number of aromatic nitrogens is 2.